The van der Waals surface area contributed by atoms with E-state index in [9.17, 15) is 0 Å². The molecule has 2 rings (SSSR count). The molecule has 1 N–H and O–H groups in total. The Morgan fingerprint density at radius 2 is 2.20 bits per heavy atom. The van der Waals surface area contributed by atoms with Gasteiger partial charge in [0.05, 0.1) is 7.11 Å². The molecule has 1 aromatic heterocycles. The molecule has 2 aromatic rings. The molecule has 0 amide bonds. The van der Waals surface area contributed by atoms with Crippen molar-refractivity contribution in [3.05, 3.63) is 57.2 Å². The van der Waals surface area contributed by atoms with E-state index in [1.807, 2.05) is 37.4 Å². The van der Waals surface area contributed by atoms with Crippen molar-refractivity contribution in [3.8, 4) is 5.88 Å². The molecule has 1 aromatic carbocycles. The predicted octanol–water partition coefficient (Wildman–Crippen LogP) is 4.01. The largest absolute Gasteiger partial charge is 0.481 e. The number of ether oxygens (including phenoxy) is 1. The molecule has 1 atom stereocenters. The Morgan fingerprint density at radius 1 is 1.40 bits per heavy atom. The molecule has 0 saturated carbocycles. The third-order valence-electron chi connectivity index (χ3n) is 3.16. The highest BCUT2D eigenvalue weighted by Crippen LogP contribution is 2.29. The van der Waals surface area contributed by atoms with Gasteiger partial charge in [-0.1, -0.05) is 39.7 Å². The number of hydrogen-bond acceptors (Lipinski definition) is 3. The van der Waals surface area contributed by atoms with Crippen molar-refractivity contribution >= 4 is 27.5 Å². The zero-order valence-electron chi connectivity index (χ0n) is 11.4. The van der Waals surface area contributed by atoms with Crippen molar-refractivity contribution in [2.75, 3.05) is 14.2 Å². The third kappa shape index (κ3) is 3.51. The third-order valence-corrected chi connectivity index (χ3v) is 4.00. The van der Waals surface area contributed by atoms with Gasteiger partial charge in [0.2, 0.25) is 5.88 Å². The highest BCUT2D eigenvalue weighted by Gasteiger charge is 2.17. The summed E-state index contributed by atoms with van der Waals surface area (Å²) in [5.41, 5.74) is 2.11. The summed E-state index contributed by atoms with van der Waals surface area (Å²) in [6.07, 6.45) is 2.49. The monoisotopic (exact) mass is 354 g/mol. The Bertz CT molecular complexity index is 592. The maximum absolute atomic E-state index is 6.29. The fraction of sp³-hybridized carbons (Fsp3) is 0.267. The topological polar surface area (TPSA) is 34.2 Å². The number of benzene rings is 1. The molecule has 5 heteroatoms. The molecule has 0 spiro atoms. The van der Waals surface area contributed by atoms with E-state index in [1.165, 1.54) is 0 Å². The Balaban J connectivity index is 2.29. The SMILES string of the molecule is CNC(Cc1ccc(Br)cc1Cl)c1cccnc1OC. The van der Waals surface area contributed by atoms with E-state index in [-0.39, 0.29) is 6.04 Å². The fourth-order valence-electron chi connectivity index (χ4n) is 2.11. The molecule has 0 fully saturated rings. The lowest BCUT2D eigenvalue weighted by Crippen LogP contribution is -2.20. The first-order valence-corrected chi connectivity index (χ1v) is 7.43. The van der Waals surface area contributed by atoms with Gasteiger partial charge >= 0.3 is 0 Å². The lowest BCUT2D eigenvalue weighted by Gasteiger charge is -2.19. The summed E-state index contributed by atoms with van der Waals surface area (Å²) in [5.74, 6) is 0.639. The van der Waals surface area contributed by atoms with Gasteiger partial charge in [-0.25, -0.2) is 4.98 Å². The molecule has 3 nitrogen and oxygen atoms in total. The summed E-state index contributed by atoms with van der Waals surface area (Å²) in [6, 6.07) is 9.95. The summed E-state index contributed by atoms with van der Waals surface area (Å²) in [4.78, 5) is 4.24. The highest BCUT2D eigenvalue weighted by molar-refractivity contribution is 9.10. The van der Waals surface area contributed by atoms with E-state index in [1.54, 1.807) is 13.3 Å². The maximum Gasteiger partial charge on any atom is 0.217 e. The number of nitrogens with zero attached hydrogens (tertiary/aromatic N) is 1. The zero-order chi connectivity index (χ0) is 14.5. The number of pyridine rings is 1. The Hall–Kier alpha value is -1.10. The minimum Gasteiger partial charge on any atom is -0.481 e. The molecule has 0 radical (unpaired) electrons. The Morgan fingerprint density at radius 3 is 2.85 bits per heavy atom. The van der Waals surface area contributed by atoms with Crippen LogP contribution in [0.4, 0.5) is 0 Å². The molecule has 0 aliphatic rings. The number of rotatable bonds is 5. The smallest absolute Gasteiger partial charge is 0.217 e. The van der Waals surface area contributed by atoms with Gasteiger partial charge in [0.25, 0.3) is 0 Å². The molecule has 0 aliphatic carbocycles. The van der Waals surface area contributed by atoms with Crippen LogP contribution in [0.3, 0.4) is 0 Å². The van der Waals surface area contributed by atoms with Crippen molar-refractivity contribution < 1.29 is 4.74 Å². The Kier molecular flexibility index (Phi) is 5.40. The summed E-state index contributed by atoms with van der Waals surface area (Å²) in [6.45, 7) is 0. The lowest BCUT2D eigenvalue weighted by atomic mass is 10.00. The van der Waals surface area contributed by atoms with Crippen LogP contribution in [0, 0.1) is 0 Å². The van der Waals surface area contributed by atoms with E-state index in [2.05, 4.69) is 26.2 Å². The number of hydrogen-bond donors (Lipinski definition) is 1. The van der Waals surface area contributed by atoms with Gasteiger partial charge in [-0.15, -0.1) is 0 Å². The van der Waals surface area contributed by atoms with Crippen LogP contribution in [0.15, 0.2) is 41.0 Å². The average Bonchev–Trinajstić information content (AvgIpc) is 2.46. The summed E-state index contributed by atoms with van der Waals surface area (Å²) < 4.78 is 6.30. The van der Waals surface area contributed by atoms with Gasteiger partial charge in [-0.3, -0.25) is 0 Å². The maximum atomic E-state index is 6.29. The Labute approximate surface area is 132 Å². The molecule has 20 heavy (non-hydrogen) atoms. The standard InChI is InChI=1S/C15H16BrClN2O/c1-18-14(12-4-3-7-19-15(12)20-2)8-10-5-6-11(16)9-13(10)17/h3-7,9,14,18H,8H2,1-2H3. The minimum atomic E-state index is 0.0947. The first-order chi connectivity index (χ1) is 9.65. The molecule has 1 unspecified atom stereocenters. The second-order valence-corrected chi connectivity index (χ2v) is 5.71. The predicted molar refractivity (Wildman–Crippen MR) is 85.4 cm³/mol. The molecule has 106 valence electrons. The van der Waals surface area contributed by atoms with Crippen molar-refractivity contribution in [3.63, 3.8) is 0 Å². The molecule has 0 aliphatic heterocycles. The van der Waals surface area contributed by atoms with Gasteiger partial charge in [0.1, 0.15) is 0 Å². The van der Waals surface area contributed by atoms with E-state index in [4.69, 9.17) is 16.3 Å². The van der Waals surface area contributed by atoms with Gasteiger partial charge in [0, 0.05) is 27.3 Å². The summed E-state index contributed by atoms with van der Waals surface area (Å²) in [5, 5.41) is 4.05. The van der Waals surface area contributed by atoms with Crippen molar-refractivity contribution in [2.24, 2.45) is 0 Å². The van der Waals surface area contributed by atoms with E-state index in [0.29, 0.717) is 5.88 Å². The van der Waals surface area contributed by atoms with E-state index >= 15 is 0 Å². The van der Waals surface area contributed by atoms with Crippen LogP contribution in [-0.4, -0.2) is 19.1 Å². The summed E-state index contributed by atoms with van der Waals surface area (Å²) >= 11 is 9.70. The molecule has 1 heterocycles. The fourth-order valence-corrected chi connectivity index (χ4v) is 2.86. The second-order valence-electron chi connectivity index (χ2n) is 4.38. The van der Waals surface area contributed by atoms with Crippen molar-refractivity contribution in [1.82, 2.24) is 10.3 Å². The number of aromatic nitrogens is 1. The van der Waals surface area contributed by atoms with Crippen LogP contribution in [0.25, 0.3) is 0 Å². The molecular formula is C15H16BrClN2O. The van der Waals surface area contributed by atoms with Crippen LogP contribution < -0.4 is 10.1 Å². The first-order valence-electron chi connectivity index (χ1n) is 6.25. The quantitative estimate of drug-likeness (QED) is 0.880. The van der Waals surface area contributed by atoms with Crippen molar-refractivity contribution in [1.29, 1.82) is 0 Å². The number of methoxy groups -OCH3 is 1. The average molecular weight is 356 g/mol. The second kappa shape index (κ2) is 7.07. The zero-order valence-corrected chi connectivity index (χ0v) is 13.7. The number of nitrogens with one attached hydrogen (secondary N) is 1. The van der Waals surface area contributed by atoms with E-state index < -0.39 is 0 Å². The van der Waals surface area contributed by atoms with Gasteiger partial charge < -0.3 is 10.1 Å². The highest BCUT2D eigenvalue weighted by atomic mass is 79.9. The van der Waals surface area contributed by atoms with Gasteiger partial charge in [0.15, 0.2) is 0 Å². The number of likely N-dealkylation sites (N-methyl/N-ethyl adjacent to an activating group) is 1. The number of halogens is 2. The van der Waals surface area contributed by atoms with Crippen LogP contribution in [0.1, 0.15) is 17.2 Å². The van der Waals surface area contributed by atoms with Crippen LogP contribution in [-0.2, 0) is 6.42 Å². The summed E-state index contributed by atoms with van der Waals surface area (Å²) in [7, 11) is 3.55. The lowest BCUT2D eigenvalue weighted by molar-refractivity contribution is 0.384. The van der Waals surface area contributed by atoms with Gasteiger partial charge in [-0.2, -0.15) is 0 Å². The van der Waals surface area contributed by atoms with Gasteiger partial charge in [-0.05, 0) is 37.2 Å². The van der Waals surface area contributed by atoms with Crippen LogP contribution >= 0.6 is 27.5 Å². The molecule has 0 bridgehead atoms. The molecular weight excluding hydrogens is 340 g/mol. The molecule has 0 saturated heterocycles. The van der Waals surface area contributed by atoms with E-state index in [0.717, 1.165) is 27.0 Å². The van der Waals surface area contributed by atoms with Crippen molar-refractivity contribution in [2.45, 2.75) is 12.5 Å². The first kappa shape index (κ1) is 15.3. The van der Waals surface area contributed by atoms with Crippen LogP contribution in [0.2, 0.25) is 5.02 Å². The minimum absolute atomic E-state index is 0.0947. The normalized spacial score (nSPS) is 12.2. The van der Waals surface area contributed by atoms with Crippen LogP contribution in [0.5, 0.6) is 5.88 Å².